The van der Waals surface area contributed by atoms with E-state index in [1.807, 2.05) is 18.7 Å². The van der Waals surface area contributed by atoms with Crippen molar-refractivity contribution < 1.29 is 18.0 Å². The second kappa shape index (κ2) is 9.92. The van der Waals surface area contributed by atoms with E-state index in [2.05, 4.69) is 0 Å². The maximum absolute atomic E-state index is 12.9. The first kappa shape index (κ1) is 22.7. The monoisotopic (exact) mass is 435 g/mol. The summed E-state index contributed by atoms with van der Waals surface area (Å²) < 4.78 is 27.4. The summed E-state index contributed by atoms with van der Waals surface area (Å²) in [6.45, 7) is 6.82. The first-order valence-corrected chi connectivity index (χ1v) is 12.5. The molecule has 0 spiro atoms. The van der Waals surface area contributed by atoms with E-state index in [9.17, 15) is 18.0 Å². The highest BCUT2D eigenvalue weighted by molar-refractivity contribution is 7.89. The highest BCUT2D eigenvalue weighted by Crippen LogP contribution is 2.28. The van der Waals surface area contributed by atoms with Crippen LogP contribution in [-0.2, 0) is 19.6 Å². The molecule has 2 heterocycles. The zero-order valence-electron chi connectivity index (χ0n) is 18.0. The molecule has 166 valence electrons. The van der Waals surface area contributed by atoms with Crippen molar-refractivity contribution in [3.63, 3.8) is 0 Å². The summed E-state index contributed by atoms with van der Waals surface area (Å²) in [6, 6.07) is 6.48. The topological polar surface area (TPSA) is 78.0 Å². The molecule has 2 aliphatic heterocycles. The van der Waals surface area contributed by atoms with Gasteiger partial charge in [-0.2, -0.15) is 4.31 Å². The predicted molar refractivity (Wildman–Crippen MR) is 117 cm³/mol. The second-order valence-corrected chi connectivity index (χ2v) is 10.1. The highest BCUT2D eigenvalue weighted by atomic mass is 32.2. The molecule has 1 atom stereocenters. The Balaban J connectivity index is 1.71. The molecule has 0 radical (unpaired) electrons. The maximum atomic E-state index is 12.9. The van der Waals surface area contributed by atoms with Crippen LogP contribution in [0.15, 0.2) is 29.2 Å². The van der Waals surface area contributed by atoms with Gasteiger partial charge < -0.3 is 9.80 Å². The Morgan fingerprint density at radius 3 is 2.20 bits per heavy atom. The molecule has 0 aliphatic carbocycles. The third kappa shape index (κ3) is 4.86. The third-order valence-corrected chi connectivity index (χ3v) is 7.79. The van der Waals surface area contributed by atoms with Gasteiger partial charge in [0.25, 0.3) is 0 Å². The Labute approximate surface area is 180 Å². The number of nitrogens with zero attached hydrogens (tertiary/aromatic N) is 3. The van der Waals surface area contributed by atoms with Gasteiger partial charge in [-0.05, 0) is 56.4 Å². The Kier molecular flexibility index (Phi) is 7.52. The Hall–Kier alpha value is -1.93. The molecule has 2 amide bonds. The van der Waals surface area contributed by atoms with Gasteiger partial charge in [0.1, 0.15) is 0 Å². The minimum atomic E-state index is -3.55. The minimum absolute atomic E-state index is 0.0690. The molecule has 0 unspecified atom stereocenters. The van der Waals surface area contributed by atoms with E-state index in [0.29, 0.717) is 25.3 Å². The van der Waals surface area contributed by atoms with E-state index >= 15 is 0 Å². The van der Waals surface area contributed by atoms with Crippen molar-refractivity contribution in [2.75, 3.05) is 37.6 Å². The van der Waals surface area contributed by atoms with Crippen LogP contribution in [-0.4, -0.2) is 62.2 Å². The fraction of sp³-hybridized carbons (Fsp3) is 0.636. The largest absolute Gasteiger partial charge is 0.342 e. The van der Waals surface area contributed by atoms with E-state index in [4.69, 9.17) is 0 Å². The lowest BCUT2D eigenvalue weighted by Crippen LogP contribution is -2.40. The number of hydrogen-bond donors (Lipinski definition) is 0. The summed E-state index contributed by atoms with van der Waals surface area (Å²) in [5.41, 5.74) is 0.644. The van der Waals surface area contributed by atoms with Crippen LogP contribution in [0.4, 0.5) is 5.69 Å². The zero-order valence-corrected chi connectivity index (χ0v) is 18.9. The quantitative estimate of drug-likeness (QED) is 0.629. The lowest BCUT2D eigenvalue weighted by atomic mass is 10.0. The van der Waals surface area contributed by atoms with Crippen molar-refractivity contribution in [3.05, 3.63) is 24.3 Å². The van der Waals surface area contributed by atoms with E-state index in [1.54, 1.807) is 29.2 Å². The predicted octanol–water partition coefficient (Wildman–Crippen LogP) is 2.86. The van der Waals surface area contributed by atoms with Crippen molar-refractivity contribution >= 4 is 27.5 Å². The molecule has 0 aromatic heterocycles. The second-order valence-electron chi connectivity index (χ2n) is 8.19. The number of amides is 2. The summed E-state index contributed by atoms with van der Waals surface area (Å²) in [7, 11) is -3.55. The number of carbonyl (C=O) groups excluding carboxylic acids is 2. The van der Waals surface area contributed by atoms with Gasteiger partial charge in [-0.15, -0.1) is 0 Å². The minimum Gasteiger partial charge on any atom is -0.342 e. The number of hydrogen-bond acceptors (Lipinski definition) is 4. The number of rotatable bonds is 8. The number of carbonyl (C=O) groups is 2. The lowest BCUT2D eigenvalue weighted by Gasteiger charge is -2.29. The zero-order chi connectivity index (χ0) is 21.7. The average molecular weight is 436 g/mol. The van der Waals surface area contributed by atoms with E-state index in [-0.39, 0.29) is 29.0 Å². The van der Waals surface area contributed by atoms with Crippen molar-refractivity contribution in [1.82, 2.24) is 9.21 Å². The smallest absolute Gasteiger partial charge is 0.243 e. The van der Waals surface area contributed by atoms with Crippen molar-refractivity contribution in [2.45, 2.75) is 57.3 Å². The third-order valence-electron chi connectivity index (χ3n) is 5.87. The van der Waals surface area contributed by atoms with Gasteiger partial charge in [-0.1, -0.05) is 13.8 Å². The Bertz CT molecular complexity index is 842. The number of piperidine rings is 1. The molecule has 8 heteroatoms. The standard InChI is InChI=1S/C22H33N3O4S/c1-3-12-24(13-4-2)30(28,29)20-10-8-19(9-11-20)25-17-18(16-21(25)26)22(27)23-14-6-5-7-15-23/h8-11,18H,3-7,12-17H2,1-2H3/t18-/m1/s1. The number of likely N-dealkylation sites (tertiary alicyclic amines) is 1. The lowest BCUT2D eigenvalue weighted by molar-refractivity contribution is -0.136. The first-order chi connectivity index (χ1) is 14.4. The molecule has 2 fully saturated rings. The molecule has 0 N–H and O–H groups in total. The fourth-order valence-electron chi connectivity index (χ4n) is 4.29. The molecule has 3 rings (SSSR count). The van der Waals surface area contributed by atoms with Crippen LogP contribution < -0.4 is 4.90 Å². The van der Waals surface area contributed by atoms with E-state index < -0.39 is 10.0 Å². The van der Waals surface area contributed by atoms with Crippen LogP contribution >= 0.6 is 0 Å². The normalized spacial score (nSPS) is 20.2. The SMILES string of the molecule is CCCN(CCC)S(=O)(=O)c1ccc(N2C[C@H](C(=O)N3CCCCC3)CC2=O)cc1. The summed E-state index contributed by atoms with van der Waals surface area (Å²) in [5.74, 6) is -0.331. The van der Waals surface area contributed by atoms with Crippen molar-refractivity contribution in [1.29, 1.82) is 0 Å². The molecule has 1 aromatic rings. The van der Waals surface area contributed by atoms with Crippen LogP contribution in [0, 0.1) is 5.92 Å². The molecular weight excluding hydrogens is 402 g/mol. The van der Waals surface area contributed by atoms with Gasteiger partial charge in [0.05, 0.1) is 10.8 Å². The van der Waals surface area contributed by atoms with Gasteiger partial charge in [-0.25, -0.2) is 8.42 Å². The highest BCUT2D eigenvalue weighted by Gasteiger charge is 2.37. The van der Waals surface area contributed by atoms with Crippen molar-refractivity contribution in [3.8, 4) is 0 Å². The fourth-order valence-corrected chi connectivity index (χ4v) is 5.92. The summed E-state index contributed by atoms with van der Waals surface area (Å²) in [6.07, 6.45) is 4.94. The average Bonchev–Trinajstić information content (AvgIpc) is 3.15. The van der Waals surface area contributed by atoms with Gasteiger partial charge in [0, 0.05) is 44.8 Å². The van der Waals surface area contributed by atoms with Crippen LogP contribution in [0.2, 0.25) is 0 Å². The number of sulfonamides is 1. The van der Waals surface area contributed by atoms with E-state index in [1.165, 1.54) is 4.31 Å². The molecule has 7 nitrogen and oxygen atoms in total. The van der Waals surface area contributed by atoms with Gasteiger partial charge in [-0.3, -0.25) is 9.59 Å². The Morgan fingerprint density at radius 1 is 1.03 bits per heavy atom. The summed E-state index contributed by atoms with van der Waals surface area (Å²) in [5, 5.41) is 0. The molecule has 30 heavy (non-hydrogen) atoms. The molecule has 2 aliphatic rings. The maximum Gasteiger partial charge on any atom is 0.243 e. The van der Waals surface area contributed by atoms with Crippen LogP contribution in [0.3, 0.4) is 0 Å². The number of benzene rings is 1. The van der Waals surface area contributed by atoms with Gasteiger partial charge >= 0.3 is 0 Å². The van der Waals surface area contributed by atoms with E-state index in [0.717, 1.165) is 45.2 Å². The summed E-state index contributed by atoms with van der Waals surface area (Å²) >= 11 is 0. The first-order valence-electron chi connectivity index (χ1n) is 11.1. The molecular formula is C22H33N3O4S. The van der Waals surface area contributed by atoms with Gasteiger partial charge in [0.2, 0.25) is 21.8 Å². The molecule has 0 saturated carbocycles. The molecule has 0 bridgehead atoms. The molecule has 1 aromatic carbocycles. The molecule has 2 saturated heterocycles. The van der Waals surface area contributed by atoms with Crippen LogP contribution in [0.5, 0.6) is 0 Å². The van der Waals surface area contributed by atoms with Crippen LogP contribution in [0.1, 0.15) is 52.4 Å². The van der Waals surface area contributed by atoms with Crippen molar-refractivity contribution in [2.24, 2.45) is 5.92 Å². The van der Waals surface area contributed by atoms with Crippen LogP contribution in [0.25, 0.3) is 0 Å². The Morgan fingerprint density at radius 2 is 1.63 bits per heavy atom. The van der Waals surface area contributed by atoms with Gasteiger partial charge in [0.15, 0.2) is 0 Å². The summed E-state index contributed by atoms with van der Waals surface area (Å²) in [4.78, 5) is 29.1. The number of anilines is 1.